The number of anilines is 1. The number of nitrogens with one attached hydrogen (secondary N) is 2. The molecule has 0 bridgehead atoms. The maximum absolute atomic E-state index is 11.7. The smallest absolute Gasteiger partial charge is 0.319 e. The summed E-state index contributed by atoms with van der Waals surface area (Å²) in [6.45, 7) is 0.488. The number of carbonyl (C=O) groups is 1. The van der Waals surface area contributed by atoms with E-state index in [9.17, 15) is 4.79 Å². The highest BCUT2D eigenvalue weighted by Crippen LogP contribution is 2.09. The first kappa shape index (κ1) is 12.7. The number of benzene rings is 2. The van der Waals surface area contributed by atoms with Gasteiger partial charge >= 0.3 is 6.03 Å². The fraction of sp³-hybridized carbons (Fsp3) is 0.0625. The largest absolute Gasteiger partial charge is 0.334 e. The van der Waals surface area contributed by atoms with Crippen molar-refractivity contribution in [2.24, 2.45) is 0 Å². The molecule has 0 aliphatic carbocycles. The Morgan fingerprint density at radius 1 is 1.11 bits per heavy atom. The van der Waals surface area contributed by atoms with Crippen LogP contribution in [0.3, 0.4) is 0 Å². The molecule has 2 amide bonds. The van der Waals surface area contributed by atoms with Crippen LogP contribution in [0.5, 0.6) is 0 Å². The molecule has 0 fully saturated rings. The Morgan fingerprint density at radius 3 is 2.63 bits per heavy atom. The first-order chi connectivity index (χ1) is 9.28. The van der Waals surface area contributed by atoms with Crippen molar-refractivity contribution in [3.63, 3.8) is 0 Å². The van der Waals surface area contributed by atoms with Gasteiger partial charge in [0.2, 0.25) is 0 Å². The van der Waals surface area contributed by atoms with E-state index in [1.54, 1.807) is 12.1 Å². The van der Waals surface area contributed by atoms with Gasteiger partial charge in [-0.2, -0.15) is 0 Å². The first-order valence-electron chi connectivity index (χ1n) is 5.93. The van der Waals surface area contributed by atoms with E-state index >= 15 is 0 Å². The zero-order valence-electron chi connectivity index (χ0n) is 10.4. The lowest BCUT2D eigenvalue weighted by molar-refractivity contribution is 0.251. The number of hydrogen-bond donors (Lipinski definition) is 2. The summed E-state index contributed by atoms with van der Waals surface area (Å²) in [5, 5.41) is 5.52. The second kappa shape index (κ2) is 6.27. The van der Waals surface area contributed by atoms with E-state index in [0.717, 1.165) is 11.1 Å². The van der Waals surface area contributed by atoms with Gasteiger partial charge in [0.25, 0.3) is 0 Å². The minimum Gasteiger partial charge on any atom is -0.334 e. The molecule has 0 saturated heterocycles. The van der Waals surface area contributed by atoms with E-state index in [0.29, 0.717) is 12.2 Å². The third kappa shape index (κ3) is 3.90. The van der Waals surface area contributed by atoms with Crippen molar-refractivity contribution in [3.05, 3.63) is 65.7 Å². The average molecular weight is 250 g/mol. The Morgan fingerprint density at radius 2 is 1.89 bits per heavy atom. The monoisotopic (exact) mass is 250 g/mol. The van der Waals surface area contributed by atoms with Crippen molar-refractivity contribution >= 4 is 11.7 Å². The van der Waals surface area contributed by atoms with Gasteiger partial charge in [-0.25, -0.2) is 4.79 Å². The summed E-state index contributed by atoms with van der Waals surface area (Å²) in [6, 6.07) is 16.6. The highest BCUT2D eigenvalue weighted by molar-refractivity contribution is 5.89. The summed E-state index contributed by atoms with van der Waals surface area (Å²) in [7, 11) is 0. The number of hydrogen-bond acceptors (Lipinski definition) is 1. The molecule has 3 nitrogen and oxygen atoms in total. The van der Waals surface area contributed by atoms with Crippen LogP contribution in [0.2, 0.25) is 0 Å². The van der Waals surface area contributed by atoms with Crippen LogP contribution in [-0.2, 0) is 6.54 Å². The van der Waals surface area contributed by atoms with Crippen LogP contribution in [0.15, 0.2) is 54.6 Å². The molecule has 0 saturated carbocycles. The van der Waals surface area contributed by atoms with Gasteiger partial charge < -0.3 is 10.6 Å². The van der Waals surface area contributed by atoms with Gasteiger partial charge in [0.15, 0.2) is 0 Å². The molecule has 0 radical (unpaired) electrons. The lowest BCUT2D eigenvalue weighted by atomic mass is 10.2. The van der Waals surface area contributed by atoms with Gasteiger partial charge in [0.1, 0.15) is 0 Å². The number of terminal acetylenes is 1. The number of carbonyl (C=O) groups excluding carboxylic acids is 1. The van der Waals surface area contributed by atoms with Crippen molar-refractivity contribution in [2.45, 2.75) is 6.54 Å². The molecule has 2 rings (SSSR count). The summed E-state index contributed by atoms with van der Waals surface area (Å²) < 4.78 is 0. The minimum atomic E-state index is -0.252. The SMILES string of the molecule is C#Cc1cccc(NC(=O)NCc2ccccc2)c1. The van der Waals surface area contributed by atoms with Crippen LogP contribution in [0.1, 0.15) is 11.1 Å². The maximum atomic E-state index is 11.7. The fourth-order valence-electron chi connectivity index (χ4n) is 1.64. The van der Waals surface area contributed by atoms with Crippen LogP contribution in [0.4, 0.5) is 10.5 Å². The van der Waals surface area contributed by atoms with Crippen LogP contribution < -0.4 is 10.6 Å². The molecular weight excluding hydrogens is 236 g/mol. The van der Waals surface area contributed by atoms with Gasteiger partial charge in [-0.05, 0) is 23.8 Å². The van der Waals surface area contributed by atoms with E-state index in [1.807, 2.05) is 42.5 Å². The van der Waals surface area contributed by atoms with Gasteiger partial charge in [0, 0.05) is 17.8 Å². The quantitative estimate of drug-likeness (QED) is 0.808. The molecule has 2 N–H and O–H groups in total. The predicted molar refractivity (Wildman–Crippen MR) is 76.7 cm³/mol. The van der Waals surface area contributed by atoms with Gasteiger partial charge in [-0.3, -0.25) is 0 Å². The standard InChI is InChI=1S/C16H14N2O/c1-2-13-9-6-10-15(11-13)18-16(19)17-12-14-7-4-3-5-8-14/h1,3-11H,12H2,(H2,17,18,19). The van der Waals surface area contributed by atoms with E-state index < -0.39 is 0 Å². The molecule has 19 heavy (non-hydrogen) atoms. The summed E-state index contributed by atoms with van der Waals surface area (Å²) in [5.41, 5.74) is 2.47. The fourth-order valence-corrected chi connectivity index (χ4v) is 1.64. The molecule has 2 aromatic rings. The molecule has 94 valence electrons. The second-order valence-electron chi connectivity index (χ2n) is 4.02. The van der Waals surface area contributed by atoms with Gasteiger partial charge in [0.05, 0.1) is 0 Å². The molecule has 0 unspecified atom stereocenters. The summed E-state index contributed by atoms with van der Waals surface area (Å²) in [6.07, 6.45) is 5.31. The lowest BCUT2D eigenvalue weighted by Gasteiger charge is -2.08. The van der Waals surface area contributed by atoms with Crippen molar-refractivity contribution < 1.29 is 4.79 Å². The third-order valence-corrected chi connectivity index (χ3v) is 2.58. The number of amides is 2. The zero-order chi connectivity index (χ0) is 13.5. The molecule has 0 atom stereocenters. The Hall–Kier alpha value is -2.73. The van der Waals surface area contributed by atoms with Crippen molar-refractivity contribution in [1.82, 2.24) is 5.32 Å². The highest BCUT2D eigenvalue weighted by Gasteiger charge is 2.01. The normalized spacial score (nSPS) is 9.42. The van der Waals surface area contributed by atoms with E-state index in [1.165, 1.54) is 0 Å². The van der Waals surface area contributed by atoms with Crippen molar-refractivity contribution in [3.8, 4) is 12.3 Å². The molecule has 3 heteroatoms. The van der Waals surface area contributed by atoms with Crippen molar-refractivity contribution in [1.29, 1.82) is 0 Å². The Bertz CT molecular complexity index is 600. The molecule has 0 spiro atoms. The van der Waals surface area contributed by atoms with Crippen LogP contribution >= 0.6 is 0 Å². The Balaban J connectivity index is 1.89. The average Bonchev–Trinajstić information content (AvgIpc) is 2.46. The minimum absolute atomic E-state index is 0.252. The maximum Gasteiger partial charge on any atom is 0.319 e. The lowest BCUT2D eigenvalue weighted by Crippen LogP contribution is -2.28. The van der Waals surface area contributed by atoms with Crippen LogP contribution in [0, 0.1) is 12.3 Å². The summed E-state index contributed by atoms with van der Waals surface area (Å²) in [4.78, 5) is 11.7. The molecule has 0 aliphatic rings. The van der Waals surface area contributed by atoms with Crippen LogP contribution in [0.25, 0.3) is 0 Å². The number of urea groups is 1. The molecule has 0 heterocycles. The topological polar surface area (TPSA) is 41.1 Å². The van der Waals surface area contributed by atoms with E-state index in [-0.39, 0.29) is 6.03 Å². The molecule has 2 aromatic carbocycles. The first-order valence-corrected chi connectivity index (χ1v) is 5.93. The molecule has 0 aromatic heterocycles. The predicted octanol–water partition coefficient (Wildman–Crippen LogP) is 2.99. The Labute approximate surface area is 112 Å². The summed E-state index contributed by atoms with van der Waals surface area (Å²) in [5.74, 6) is 2.53. The third-order valence-electron chi connectivity index (χ3n) is 2.58. The van der Waals surface area contributed by atoms with Gasteiger partial charge in [-0.1, -0.05) is 42.3 Å². The van der Waals surface area contributed by atoms with Crippen molar-refractivity contribution in [2.75, 3.05) is 5.32 Å². The summed E-state index contributed by atoms with van der Waals surface area (Å²) >= 11 is 0. The Kier molecular flexibility index (Phi) is 4.20. The molecular formula is C16H14N2O. The number of rotatable bonds is 3. The zero-order valence-corrected chi connectivity index (χ0v) is 10.4. The van der Waals surface area contributed by atoms with E-state index in [4.69, 9.17) is 6.42 Å². The highest BCUT2D eigenvalue weighted by atomic mass is 16.2. The second-order valence-corrected chi connectivity index (χ2v) is 4.02. The van der Waals surface area contributed by atoms with Gasteiger partial charge in [-0.15, -0.1) is 6.42 Å². The van der Waals surface area contributed by atoms with Crippen LogP contribution in [-0.4, -0.2) is 6.03 Å². The molecule has 0 aliphatic heterocycles. The van der Waals surface area contributed by atoms with E-state index in [2.05, 4.69) is 16.6 Å².